The predicted molar refractivity (Wildman–Crippen MR) is 106 cm³/mol. The number of hydrogen-bond donors (Lipinski definition) is 1. The molecule has 28 heavy (non-hydrogen) atoms. The molecule has 0 spiro atoms. The number of hydrogen-bond acceptors (Lipinski definition) is 4. The lowest BCUT2D eigenvalue weighted by molar-refractivity contribution is 0.0672. The molecular weight excluding hydrogens is 356 g/mol. The average molecular weight is 378 g/mol. The van der Waals surface area contributed by atoms with Crippen LogP contribution in [0.1, 0.15) is 55.2 Å². The average Bonchev–Trinajstić information content (AvgIpc) is 2.92. The molecule has 0 fully saturated rings. The minimum atomic E-state index is -0.414. The molecule has 3 amide bonds. The van der Waals surface area contributed by atoms with Crippen molar-refractivity contribution in [3.63, 3.8) is 0 Å². The Kier molecular flexibility index (Phi) is 5.31. The number of aryl methyl sites for hydroxylation is 1. The highest BCUT2D eigenvalue weighted by Gasteiger charge is 2.35. The smallest absolute Gasteiger partial charge is 0.261 e. The van der Waals surface area contributed by atoms with Crippen LogP contribution in [0.2, 0.25) is 0 Å². The second-order valence-corrected chi connectivity index (χ2v) is 6.71. The number of carbonyl (C=O) groups is 3. The van der Waals surface area contributed by atoms with Crippen molar-refractivity contribution in [1.82, 2.24) is 10.2 Å². The van der Waals surface area contributed by atoms with Crippen molar-refractivity contribution in [1.29, 1.82) is 0 Å². The Morgan fingerprint density at radius 3 is 2.57 bits per heavy atom. The van der Waals surface area contributed by atoms with E-state index in [9.17, 15) is 14.4 Å². The van der Waals surface area contributed by atoms with E-state index in [1.807, 2.05) is 32.0 Å². The second-order valence-electron chi connectivity index (χ2n) is 6.71. The number of fused-ring (bicyclic) bond motifs is 1. The highest BCUT2D eigenvalue weighted by molar-refractivity contribution is 6.22. The summed E-state index contributed by atoms with van der Waals surface area (Å²) in [6, 6.07) is 10.00. The van der Waals surface area contributed by atoms with Crippen molar-refractivity contribution in [3.8, 4) is 5.75 Å². The predicted octanol–water partition coefficient (Wildman–Crippen LogP) is 3.28. The minimum absolute atomic E-state index is 0.137. The highest BCUT2D eigenvalue weighted by Crippen LogP contribution is 2.27. The number of nitrogens with one attached hydrogen (secondary N) is 1. The van der Waals surface area contributed by atoms with Crippen molar-refractivity contribution in [3.05, 3.63) is 76.9 Å². The van der Waals surface area contributed by atoms with Crippen LogP contribution in [0.15, 0.2) is 49.1 Å². The Balaban J connectivity index is 1.84. The number of benzene rings is 2. The van der Waals surface area contributed by atoms with Crippen molar-refractivity contribution < 1.29 is 19.1 Å². The molecule has 144 valence electrons. The quantitative estimate of drug-likeness (QED) is 0.618. The summed E-state index contributed by atoms with van der Waals surface area (Å²) in [6.45, 7) is 7.53. The van der Waals surface area contributed by atoms with Gasteiger partial charge in [-0.2, -0.15) is 0 Å². The third kappa shape index (κ3) is 3.41. The third-order valence-electron chi connectivity index (χ3n) is 4.74. The Hall–Kier alpha value is -3.41. The Morgan fingerprint density at radius 1 is 1.18 bits per heavy atom. The lowest BCUT2D eigenvalue weighted by Gasteiger charge is -2.18. The number of carbonyl (C=O) groups excluding carboxylic acids is 3. The van der Waals surface area contributed by atoms with Crippen LogP contribution in [0.5, 0.6) is 5.75 Å². The van der Waals surface area contributed by atoms with Crippen LogP contribution in [0.4, 0.5) is 0 Å². The zero-order valence-corrected chi connectivity index (χ0v) is 16.1. The van der Waals surface area contributed by atoms with Crippen molar-refractivity contribution in [2.75, 3.05) is 13.7 Å². The third-order valence-corrected chi connectivity index (χ3v) is 4.74. The molecular formula is C22H22N2O4. The molecule has 2 aromatic carbocycles. The van der Waals surface area contributed by atoms with Crippen molar-refractivity contribution in [2.45, 2.75) is 19.9 Å². The molecule has 0 aromatic heterocycles. The molecule has 0 saturated heterocycles. The summed E-state index contributed by atoms with van der Waals surface area (Å²) < 4.78 is 5.38. The van der Waals surface area contributed by atoms with E-state index in [0.717, 1.165) is 16.0 Å². The van der Waals surface area contributed by atoms with Gasteiger partial charge in [0.15, 0.2) is 0 Å². The lowest BCUT2D eigenvalue weighted by Crippen LogP contribution is -2.29. The van der Waals surface area contributed by atoms with E-state index in [0.29, 0.717) is 16.9 Å². The van der Waals surface area contributed by atoms with E-state index in [1.54, 1.807) is 13.2 Å². The summed E-state index contributed by atoms with van der Waals surface area (Å²) in [5.41, 5.74) is 2.78. The maximum Gasteiger partial charge on any atom is 0.261 e. The first-order valence-electron chi connectivity index (χ1n) is 8.94. The van der Waals surface area contributed by atoms with Gasteiger partial charge in [0, 0.05) is 17.7 Å². The van der Waals surface area contributed by atoms with E-state index < -0.39 is 5.91 Å². The molecule has 1 N–H and O–H groups in total. The van der Waals surface area contributed by atoms with Gasteiger partial charge in [0.2, 0.25) is 0 Å². The van der Waals surface area contributed by atoms with Gasteiger partial charge in [0.05, 0.1) is 24.3 Å². The van der Waals surface area contributed by atoms with Gasteiger partial charge in [0.1, 0.15) is 5.75 Å². The Morgan fingerprint density at radius 2 is 1.89 bits per heavy atom. The SMILES string of the molecule is C=CCN1C(=O)c2ccc(C(=O)N[C@H](C)c3cc(C)ccc3OC)cc2C1=O. The standard InChI is InChI=1S/C22H22N2O4/c1-5-10-24-21(26)16-8-7-15(12-18(16)22(24)27)20(25)23-14(3)17-11-13(2)6-9-19(17)28-4/h5-9,11-12,14H,1,10H2,2-4H3,(H,23,25)/t14-/m1/s1. The van der Waals surface area contributed by atoms with Gasteiger partial charge in [-0.3, -0.25) is 19.3 Å². The van der Waals surface area contributed by atoms with E-state index in [2.05, 4.69) is 11.9 Å². The van der Waals surface area contributed by atoms with E-state index >= 15 is 0 Å². The molecule has 0 radical (unpaired) electrons. The zero-order valence-electron chi connectivity index (χ0n) is 16.1. The first kappa shape index (κ1) is 19.4. The van der Waals surface area contributed by atoms with Gasteiger partial charge >= 0.3 is 0 Å². The first-order chi connectivity index (χ1) is 13.4. The van der Waals surface area contributed by atoms with Gasteiger partial charge in [-0.15, -0.1) is 6.58 Å². The lowest BCUT2D eigenvalue weighted by atomic mass is 10.0. The molecule has 1 heterocycles. The number of imide groups is 1. The van der Waals surface area contributed by atoms with E-state index in [1.165, 1.54) is 18.2 Å². The fourth-order valence-electron chi connectivity index (χ4n) is 3.28. The van der Waals surface area contributed by atoms with Crippen LogP contribution in [0.25, 0.3) is 0 Å². The Labute approximate surface area is 163 Å². The summed E-state index contributed by atoms with van der Waals surface area (Å²) in [7, 11) is 1.58. The molecule has 0 bridgehead atoms. The van der Waals surface area contributed by atoms with Crippen LogP contribution < -0.4 is 10.1 Å². The van der Waals surface area contributed by atoms with Crippen molar-refractivity contribution >= 4 is 17.7 Å². The largest absolute Gasteiger partial charge is 0.496 e. The molecule has 1 atom stereocenters. The summed E-state index contributed by atoms with van der Waals surface area (Å²) >= 11 is 0. The minimum Gasteiger partial charge on any atom is -0.496 e. The topological polar surface area (TPSA) is 75.7 Å². The van der Waals surface area contributed by atoms with Gasteiger partial charge in [-0.25, -0.2) is 0 Å². The molecule has 0 aliphatic carbocycles. The maximum absolute atomic E-state index is 12.7. The highest BCUT2D eigenvalue weighted by atomic mass is 16.5. The van der Waals surface area contributed by atoms with Gasteiger partial charge in [-0.1, -0.05) is 23.8 Å². The molecule has 6 heteroatoms. The summed E-state index contributed by atoms with van der Waals surface area (Å²) in [4.78, 5) is 38.6. The van der Waals surface area contributed by atoms with Gasteiger partial charge in [-0.05, 0) is 38.1 Å². The second kappa shape index (κ2) is 7.68. The van der Waals surface area contributed by atoms with Crippen LogP contribution in [0, 0.1) is 6.92 Å². The fraction of sp³-hybridized carbons (Fsp3) is 0.227. The van der Waals surface area contributed by atoms with Crippen LogP contribution >= 0.6 is 0 Å². The molecule has 3 rings (SSSR count). The van der Waals surface area contributed by atoms with E-state index in [-0.39, 0.29) is 30.0 Å². The normalized spacial score (nSPS) is 13.9. The fourth-order valence-corrected chi connectivity index (χ4v) is 3.28. The number of nitrogens with zero attached hydrogens (tertiary/aromatic N) is 1. The van der Waals surface area contributed by atoms with E-state index in [4.69, 9.17) is 4.74 Å². The molecule has 1 aliphatic heterocycles. The molecule has 0 saturated carbocycles. The van der Waals surface area contributed by atoms with Crippen LogP contribution in [0.3, 0.4) is 0 Å². The monoisotopic (exact) mass is 378 g/mol. The molecule has 0 unspecified atom stereocenters. The van der Waals surface area contributed by atoms with Crippen LogP contribution in [-0.4, -0.2) is 36.3 Å². The number of methoxy groups -OCH3 is 1. The summed E-state index contributed by atoms with van der Waals surface area (Å²) in [6.07, 6.45) is 1.49. The number of ether oxygens (including phenoxy) is 1. The van der Waals surface area contributed by atoms with Crippen molar-refractivity contribution in [2.24, 2.45) is 0 Å². The maximum atomic E-state index is 12.7. The van der Waals surface area contributed by atoms with Crippen LogP contribution in [-0.2, 0) is 0 Å². The van der Waals surface area contributed by atoms with Gasteiger partial charge < -0.3 is 10.1 Å². The zero-order chi connectivity index (χ0) is 20.4. The summed E-state index contributed by atoms with van der Waals surface area (Å²) in [5, 5.41) is 2.92. The molecule has 6 nitrogen and oxygen atoms in total. The molecule has 1 aliphatic rings. The summed E-state index contributed by atoms with van der Waals surface area (Å²) in [5.74, 6) is -0.429. The number of rotatable bonds is 6. The Bertz CT molecular complexity index is 980. The first-order valence-corrected chi connectivity index (χ1v) is 8.94. The van der Waals surface area contributed by atoms with Gasteiger partial charge in [0.25, 0.3) is 17.7 Å². The number of amides is 3. The molecule has 2 aromatic rings.